The molecular formula is C16H24O2. The van der Waals surface area contributed by atoms with E-state index in [0.717, 1.165) is 16.9 Å². The van der Waals surface area contributed by atoms with Crippen LogP contribution in [0.2, 0.25) is 0 Å². The maximum absolute atomic E-state index is 11.6. The lowest BCUT2D eigenvalue weighted by molar-refractivity contribution is -0.134. The van der Waals surface area contributed by atoms with E-state index in [9.17, 15) is 4.79 Å². The first-order valence-electron chi connectivity index (χ1n) is 6.61. The number of esters is 1. The Morgan fingerprint density at radius 2 is 1.89 bits per heavy atom. The summed E-state index contributed by atoms with van der Waals surface area (Å²) in [5.74, 6) is 0.924. The molecule has 0 atom stereocenters. The Morgan fingerprint density at radius 3 is 2.33 bits per heavy atom. The average molecular weight is 248 g/mol. The van der Waals surface area contributed by atoms with Gasteiger partial charge in [0.25, 0.3) is 0 Å². The minimum absolute atomic E-state index is 0.0335. The summed E-state index contributed by atoms with van der Waals surface area (Å²) >= 11 is 0. The van der Waals surface area contributed by atoms with Gasteiger partial charge in [0.2, 0.25) is 0 Å². The van der Waals surface area contributed by atoms with Gasteiger partial charge >= 0.3 is 5.97 Å². The zero-order chi connectivity index (χ0) is 13.9. The van der Waals surface area contributed by atoms with Gasteiger partial charge in [0, 0.05) is 12.0 Å². The fourth-order valence-corrected chi connectivity index (χ4v) is 1.90. The highest BCUT2D eigenvalue weighted by Crippen LogP contribution is 2.37. The third kappa shape index (κ3) is 3.34. The van der Waals surface area contributed by atoms with Crippen LogP contribution >= 0.6 is 0 Å². The van der Waals surface area contributed by atoms with Gasteiger partial charge < -0.3 is 4.74 Å². The molecule has 0 fully saturated rings. The van der Waals surface area contributed by atoms with Crippen molar-refractivity contribution in [3.8, 4) is 5.75 Å². The summed E-state index contributed by atoms with van der Waals surface area (Å²) in [7, 11) is 0. The maximum Gasteiger partial charge on any atom is 0.310 e. The Bertz CT molecular complexity index is 425. The second-order valence-electron chi connectivity index (χ2n) is 5.96. The minimum atomic E-state index is -0.173. The van der Waals surface area contributed by atoms with Crippen LogP contribution in [0.4, 0.5) is 0 Å². The molecule has 0 N–H and O–H groups in total. The standard InChI is InChI=1S/C16H24O2/c1-7-14(17)18-15-12(11(2)3)9-8-10-13(15)16(4,5)6/h8-11H,7H2,1-6H3. The molecule has 0 aliphatic rings. The van der Waals surface area contributed by atoms with Crippen molar-refractivity contribution in [1.29, 1.82) is 0 Å². The van der Waals surface area contributed by atoms with Crippen LogP contribution in [0.1, 0.15) is 65.0 Å². The van der Waals surface area contributed by atoms with Crippen molar-refractivity contribution in [2.75, 3.05) is 0 Å². The second kappa shape index (κ2) is 5.55. The molecule has 0 spiro atoms. The molecule has 0 amide bonds. The van der Waals surface area contributed by atoms with Crippen molar-refractivity contribution in [3.05, 3.63) is 29.3 Å². The summed E-state index contributed by atoms with van der Waals surface area (Å²) in [4.78, 5) is 11.6. The molecule has 1 rings (SSSR count). The molecule has 1 aromatic rings. The average Bonchev–Trinajstić information content (AvgIpc) is 2.27. The Morgan fingerprint density at radius 1 is 1.28 bits per heavy atom. The van der Waals surface area contributed by atoms with E-state index in [1.807, 2.05) is 25.1 Å². The zero-order valence-corrected chi connectivity index (χ0v) is 12.3. The van der Waals surface area contributed by atoms with Crippen molar-refractivity contribution in [1.82, 2.24) is 0 Å². The lowest BCUT2D eigenvalue weighted by atomic mass is 9.83. The molecule has 0 aromatic heterocycles. The molecule has 0 radical (unpaired) electrons. The summed E-state index contributed by atoms with van der Waals surface area (Å²) in [5.41, 5.74) is 2.16. The molecule has 0 unspecified atom stereocenters. The summed E-state index contributed by atoms with van der Waals surface area (Å²) in [6, 6.07) is 6.13. The molecule has 100 valence electrons. The van der Waals surface area contributed by atoms with E-state index in [2.05, 4.69) is 34.6 Å². The minimum Gasteiger partial charge on any atom is -0.426 e. The molecule has 0 saturated heterocycles. The predicted octanol–water partition coefficient (Wildman–Crippen LogP) is 4.42. The van der Waals surface area contributed by atoms with Gasteiger partial charge in [-0.05, 0) is 16.9 Å². The quantitative estimate of drug-likeness (QED) is 0.584. The normalized spacial score (nSPS) is 11.7. The summed E-state index contributed by atoms with van der Waals surface area (Å²) in [6.07, 6.45) is 0.399. The Labute approximate surface area is 110 Å². The predicted molar refractivity (Wildman–Crippen MR) is 75.2 cm³/mol. The first-order valence-corrected chi connectivity index (χ1v) is 6.61. The lowest BCUT2D eigenvalue weighted by Crippen LogP contribution is -2.17. The second-order valence-corrected chi connectivity index (χ2v) is 5.96. The van der Waals surface area contributed by atoms with E-state index in [1.165, 1.54) is 0 Å². The van der Waals surface area contributed by atoms with E-state index >= 15 is 0 Å². The highest BCUT2D eigenvalue weighted by molar-refractivity contribution is 5.73. The van der Waals surface area contributed by atoms with Crippen molar-refractivity contribution >= 4 is 5.97 Å². The van der Waals surface area contributed by atoms with Gasteiger partial charge in [0.15, 0.2) is 0 Å². The first-order chi connectivity index (χ1) is 8.27. The van der Waals surface area contributed by atoms with Gasteiger partial charge in [-0.2, -0.15) is 0 Å². The highest BCUT2D eigenvalue weighted by atomic mass is 16.5. The molecule has 2 nitrogen and oxygen atoms in total. The summed E-state index contributed by atoms with van der Waals surface area (Å²) < 4.78 is 5.57. The van der Waals surface area contributed by atoms with Crippen LogP contribution in [-0.4, -0.2) is 5.97 Å². The van der Waals surface area contributed by atoms with E-state index < -0.39 is 0 Å². The Kier molecular flexibility index (Phi) is 4.55. The van der Waals surface area contributed by atoms with E-state index in [0.29, 0.717) is 12.3 Å². The van der Waals surface area contributed by atoms with Crippen LogP contribution in [0.3, 0.4) is 0 Å². The number of ether oxygens (including phenoxy) is 1. The van der Waals surface area contributed by atoms with Crippen LogP contribution in [0, 0.1) is 0 Å². The number of benzene rings is 1. The SMILES string of the molecule is CCC(=O)Oc1c(C(C)C)cccc1C(C)(C)C. The summed E-state index contributed by atoms with van der Waals surface area (Å²) in [5, 5.41) is 0. The van der Waals surface area contributed by atoms with Crippen LogP contribution in [0.25, 0.3) is 0 Å². The molecule has 1 aromatic carbocycles. The van der Waals surface area contributed by atoms with Gasteiger partial charge in [0.05, 0.1) is 0 Å². The monoisotopic (exact) mass is 248 g/mol. The van der Waals surface area contributed by atoms with Crippen molar-refractivity contribution in [2.45, 2.75) is 59.3 Å². The smallest absolute Gasteiger partial charge is 0.310 e. The summed E-state index contributed by atoms with van der Waals surface area (Å²) in [6.45, 7) is 12.5. The van der Waals surface area contributed by atoms with Crippen molar-refractivity contribution in [2.24, 2.45) is 0 Å². The number of carbonyl (C=O) groups is 1. The van der Waals surface area contributed by atoms with Gasteiger partial charge in [-0.25, -0.2) is 0 Å². The number of hydrogen-bond donors (Lipinski definition) is 0. The third-order valence-electron chi connectivity index (χ3n) is 2.98. The van der Waals surface area contributed by atoms with Gasteiger partial charge in [-0.15, -0.1) is 0 Å². The van der Waals surface area contributed by atoms with Crippen LogP contribution in [-0.2, 0) is 10.2 Å². The molecule has 0 heterocycles. The fourth-order valence-electron chi connectivity index (χ4n) is 1.90. The van der Waals surface area contributed by atoms with Gasteiger partial charge in [-0.1, -0.05) is 59.7 Å². The number of carbonyl (C=O) groups excluding carboxylic acids is 1. The molecule has 18 heavy (non-hydrogen) atoms. The van der Waals surface area contributed by atoms with E-state index in [4.69, 9.17) is 4.74 Å². The molecule has 0 saturated carbocycles. The Balaban J connectivity index is 3.34. The van der Waals surface area contributed by atoms with E-state index in [-0.39, 0.29) is 11.4 Å². The van der Waals surface area contributed by atoms with Crippen LogP contribution in [0.15, 0.2) is 18.2 Å². The zero-order valence-electron chi connectivity index (χ0n) is 12.3. The molecule has 0 aliphatic heterocycles. The van der Waals surface area contributed by atoms with Crippen molar-refractivity contribution < 1.29 is 9.53 Å². The molecule has 0 bridgehead atoms. The maximum atomic E-state index is 11.6. The third-order valence-corrected chi connectivity index (χ3v) is 2.98. The first kappa shape index (κ1) is 14.7. The van der Waals surface area contributed by atoms with Crippen molar-refractivity contribution in [3.63, 3.8) is 0 Å². The lowest BCUT2D eigenvalue weighted by Gasteiger charge is -2.25. The molecule has 2 heteroatoms. The Hall–Kier alpha value is -1.31. The highest BCUT2D eigenvalue weighted by Gasteiger charge is 2.23. The fraction of sp³-hybridized carbons (Fsp3) is 0.562. The van der Waals surface area contributed by atoms with Crippen LogP contribution < -0.4 is 4.74 Å². The molecule has 0 aliphatic carbocycles. The van der Waals surface area contributed by atoms with Gasteiger partial charge in [-0.3, -0.25) is 4.79 Å². The number of rotatable bonds is 3. The largest absolute Gasteiger partial charge is 0.426 e. The van der Waals surface area contributed by atoms with E-state index in [1.54, 1.807) is 0 Å². The number of hydrogen-bond acceptors (Lipinski definition) is 2. The number of para-hydroxylation sites is 1. The van der Waals surface area contributed by atoms with Gasteiger partial charge in [0.1, 0.15) is 5.75 Å². The topological polar surface area (TPSA) is 26.3 Å². The van der Waals surface area contributed by atoms with Crippen LogP contribution in [0.5, 0.6) is 5.75 Å². The molecular weight excluding hydrogens is 224 g/mol.